The van der Waals surface area contributed by atoms with E-state index in [-0.39, 0.29) is 17.9 Å². The molecule has 352 valence electrons. The van der Waals surface area contributed by atoms with Crippen LogP contribution < -0.4 is 0 Å². The molecule has 0 amide bonds. The molecule has 0 aliphatic rings. The fourth-order valence-corrected chi connectivity index (χ4v) is 7.68. The first-order valence-electron chi connectivity index (χ1n) is 25.7. The summed E-state index contributed by atoms with van der Waals surface area (Å²) in [5.74, 6) is -1.45. The van der Waals surface area contributed by atoms with E-state index in [1.807, 2.05) is 0 Å². The van der Waals surface area contributed by atoms with E-state index < -0.39 is 18.5 Å². The van der Waals surface area contributed by atoms with Crippen molar-refractivity contribution in [3.63, 3.8) is 0 Å². The third-order valence-corrected chi connectivity index (χ3v) is 11.4. The standard InChI is InChI=1S/C52H96O8/c1-5-7-9-11-13-15-17-19-21-23-25-27-31-35-39-43-49(53)57-47(3)59-51(55)45-41-37-33-29-30-34-38-42-46-52(56)60-48(4)58-50(54)44-40-36-32-28-26-24-22-20-18-16-14-12-10-8-6-2/h41,45,47-48H,5-40,42-44,46H2,1-4H3. The maximum Gasteiger partial charge on any atom is 0.333 e. The van der Waals surface area contributed by atoms with Crippen molar-refractivity contribution in [3.8, 4) is 0 Å². The molecule has 0 bridgehead atoms. The Balaban J connectivity index is 3.59. The molecule has 2 atom stereocenters. The van der Waals surface area contributed by atoms with Crippen molar-refractivity contribution in [2.45, 2.75) is 297 Å². The molecule has 0 radical (unpaired) electrons. The van der Waals surface area contributed by atoms with Crippen LogP contribution in [-0.2, 0) is 38.1 Å². The molecule has 2 unspecified atom stereocenters. The normalized spacial score (nSPS) is 12.4. The highest BCUT2D eigenvalue weighted by molar-refractivity contribution is 5.82. The number of allylic oxidation sites excluding steroid dienone is 1. The lowest BCUT2D eigenvalue weighted by atomic mass is 10.0. The predicted molar refractivity (Wildman–Crippen MR) is 248 cm³/mol. The molecule has 0 spiro atoms. The van der Waals surface area contributed by atoms with Crippen LogP contribution in [0.3, 0.4) is 0 Å². The second-order valence-electron chi connectivity index (χ2n) is 17.5. The van der Waals surface area contributed by atoms with Gasteiger partial charge in [-0.2, -0.15) is 0 Å². The minimum absolute atomic E-state index is 0.298. The molecule has 0 aromatic heterocycles. The van der Waals surface area contributed by atoms with E-state index in [1.165, 1.54) is 160 Å². The van der Waals surface area contributed by atoms with Gasteiger partial charge in [0.1, 0.15) is 0 Å². The number of carbonyl (C=O) groups excluding carboxylic acids is 4. The second kappa shape index (κ2) is 46.1. The third kappa shape index (κ3) is 45.2. The molecule has 0 N–H and O–H groups in total. The topological polar surface area (TPSA) is 105 Å². The van der Waals surface area contributed by atoms with Crippen molar-refractivity contribution in [2.24, 2.45) is 0 Å². The van der Waals surface area contributed by atoms with E-state index in [4.69, 9.17) is 18.9 Å². The van der Waals surface area contributed by atoms with Crippen LogP contribution in [-0.4, -0.2) is 36.5 Å². The quantitative estimate of drug-likeness (QED) is 0.0258. The van der Waals surface area contributed by atoms with Crippen molar-refractivity contribution in [2.75, 3.05) is 0 Å². The molecular formula is C52H96O8. The zero-order chi connectivity index (χ0) is 44.0. The number of carbonyl (C=O) groups is 4. The van der Waals surface area contributed by atoms with Gasteiger partial charge in [-0.05, 0) is 32.1 Å². The van der Waals surface area contributed by atoms with Crippen LogP contribution in [0.15, 0.2) is 12.2 Å². The first-order chi connectivity index (χ1) is 29.3. The number of hydrogen-bond acceptors (Lipinski definition) is 8. The number of ether oxygens (including phenoxy) is 4. The van der Waals surface area contributed by atoms with Gasteiger partial charge in [0.2, 0.25) is 12.6 Å². The fraction of sp³-hybridized carbons (Fsp3) is 0.885. The van der Waals surface area contributed by atoms with Crippen LogP contribution in [0, 0.1) is 0 Å². The van der Waals surface area contributed by atoms with Crippen LogP contribution in [0.5, 0.6) is 0 Å². The zero-order valence-corrected chi connectivity index (χ0v) is 39.9. The van der Waals surface area contributed by atoms with Crippen molar-refractivity contribution < 1.29 is 38.1 Å². The van der Waals surface area contributed by atoms with Gasteiger partial charge in [-0.15, -0.1) is 0 Å². The Labute approximate surface area is 370 Å². The highest BCUT2D eigenvalue weighted by atomic mass is 16.7. The lowest BCUT2D eigenvalue weighted by Gasteiger charge is -2.14. The Kier molecular flexibility index (Phi) is 44.3. The maximum absolute atomic E-state index is 12.2. The van der Waals surface area contributed by atoms with Crippen LogP contribution in [0.1, 0.15) is 285 Å². The molecule has 0 heterocycles. The number of esters is 4. The van der Waals surface area contributed by atoms with E-state index >= 15 is 0 Å². The summed E-state index contributed by atoms with van der Waals surface area (Å²) < 4.78 is 21.0. The number of unbranched alkanes of at least 4 members (excludes halogenated alkanes) is 34. The molecule has 0 saturated carbocycles. The average Bonchev–Trinajstić information content (AvgIpc) is 3.21. The highest BCUT2D eigenvalue weighted by Crippen LogP contribution is 2.17. The molecule has 8 heteroatoms. The summed E-state index contributed by atoms with van der Waals surface area (Å²) in [6, 6.07) is 0. The molecule has 0 saturated heterocycles. The van der Waals surface area contributed by atoms with Gasteiger partial charge < -0.3 is 18.9 Å². The summed E-state index contributed by atoms with van der Waals surface area (Å²) in [6.45, 7) is 7.72. The Bertz CT molecular complexity index is 1010. The molecule has 0 rings (SSSR count). The van der Waals surface area contributed by atoms with Gasteiger partial charge in [-0.1, -0.05) is 225 Å². The Morgan fingerprint density at radius 1 is 0.333 bits per heavy atom. The summed E-state index contributed by atoms with van der Waals surface area (Å²) >= 11 is 0. The smallest absolute Gasteiger partial charge is 0.333 e. The van der Waals surface area contributed by atoms with Crippen LogP contribution in [0.2, 0.25) is 0 Å². The Morgan fingerprint density at radius 3 is 0.850 bits per heavy atom. The van der Waals surface area contributed by atoms with E-state index in [0.29, 0.717) is 19.3 Å². The van der Waals surface area contributed by atoms with Gasteiger partial charge in [0.25, 0.3) is 0 Å². The summed E-state index contributed by atoms with van der Waals surface area (Å²) in [5, 5.41) is 0. The lowest BCUT2D eigenvalue weighted by molar-refractivity contribution is -0.185. The van der Waals surface area contributed by atoms with Gasteiger partial charge in [0, 0.05) is 39.2 Å². The van der Waals surface area contributed by atoms with Crippen molar-refractivity contribution in [1.29, 1.82) is 0 Å². The van der Waals surface area contributed by atoms with E-state index in [9.17, 15) is 19.2 Å². The van der Waals surface area contributed by atoms with Crippen LogP contribution in [0.25, 0.3) is 0 Å². The van der Waals surface area contributed by atoms with Gasteiger partial charge in [-0.25, -0.2) is 4.79 Å². The van der Waals surface area contributed by atoms with Gasteiger partial charge >= 0.3 is 23.9 Å². The van der Waals surface area contributed by atoms with Crippen molar-refractivity contribution >= 4 is 23.9 Å². The minimum atomic E-state index is -0.893. The molecule has 0 aromatic rings. The van der Waals surface area contributed by atoms with E-state index in [2.05, 4.69) is 13.8 Å². The Morgan fingerprint density at radius 2 is 0.567 bits per heavy atom. The molecule has 8 nitrogen and oxygen atoms in total. The largest absolute Gasteiger partial charge is 0.425 e. The number of hydrogen-bond donors (Lipinski definition) is 0. The monoisotopic (exact) mass is 849 g/mol. The first-order valence-corrected chi connectivity index (χ1v) is 25.7. The lowest BCUT2D eigenvalue weighted by Crippen LogP contribution is -2.21. The SMILES string of the molecule is CCCCCCCCCCCCCCCCCC(=O)OC(C)OC(=O)C=CCCCCCCCCC(=O)OC(C)OC(=O)CCCCCCCCCCCCCCCCC. The van der Waals surface area contributed by atoms with Gasteiger partial charge in [-0.3, -0.25) is 14.4 Å². The van der Waals surface area contributed by atoms with E-state index in [1.54, 1.807) is 19.9 Å². The first kappa shape index (κ1) is 57.6. The molecule has 0 aromatic carbocycles. The molecule has 0 fully saturated rings. The summed E-state index contributed by atoms with van der Waals surface area (Å²) in [7, 11) is 0. The fourth-order valence-electron chi connectivity index (χ4n) is 7.68. The van der Waals surface area contributed by atoms with Gasteiger partial charge in [0.05, 0.1) is 0 Å². The molecular weight excluding hydrogens is 753 g/mol. The minimum Gasteiger partial charge on any atom is -0.425 e. The number of rotatable bonds is 46. The highest BCUT2D eigenvalue weighted by Gasteiger charge is 2.14. The van der Waals surface area contributed by atoms with Crippen LogP contribution >= 0.6 is 0 Å². The molecule has 0 aliphatic heterocycles. The summed E-state index contributed by atoms with van der Waals surface area (Å²) in [4.78, 5) is 48.6. The van der Waals surface area contributed by atoms with Crippen molar-refractivity contribution in [3.05, 3.63) is 12.2 Å². The summed E-state index contributed by atoms with van der Waals surface area (Å²) in [5.41, 5.74) is 0. The van der Waals surface area contributed by atoms with Crippen molar-refractivity contribution in [1.82, 2.24) is 0 Å². The predicted octanol–water partition coefficient (Wildman–Crippen LogP) is 16.1. The molecule has 60 heavy (non-hydrogen) atoms. The Hall–Kier alpha value is -2.38. The van der Waals surface area contributed by atoms with E-state index in [0.717, 1.165) is 83.5 Å². The summed E-state index contributed by atoms with van der Waals surface area (Å²) in [6.07, 6.45) is 47.5. The maximum atomic E-state index is 12.2. The molecule has 0 aliphatic carbocycles. The second-order valence-corrected chi connectivity index (χ2v) is 17.5. The van der Waals surface area contributed by atoms with Crippen LogP contribution in [0.4, 0.5) is 0 Å². The third-order valence-electron chi connectivity index (χ3n) is 11.4. The average molecular weight is 849 g/mol. The zero-order valence-electron chi connectivity index (χ0n) is 39.9. The van der Waals surface area contributed by atoms with Gasteiger partial charge in [0.15, 0.2) is 0 Å².